The molecule has 0 aromatic heterocycles. The molecule has 2 amide bonds. The van der Waals surface area contributed by atoms with Crippen LogP contribution in [0.3, 0.4) is 0 Å². The minimum Gasteiger partial charge on any atom is -0.387 e. The number of amides is 2. The first-order valence-electron chi connectivity index (χ1n) is 7.23. The van der Waals surface area contributed by atoms with Crippen LogP contribution < -0.4 is 10.6 Å². The summed E-state index contributed by atoms with van der Waals surface area (Å²) in [6.45, 7) is 6.87. The lowest BCUT2D eigenvalue weighted by Crippen LogP contribution is -2.48. The summed E-state index contributed by atoms with van der Waals surface area (Å²) >= 11 is 11.8. The summed E-state index contributed by atoms with van der Waals surface area (Å²) in [5.41, 5.74) is -0.0693. The van der Waals surface area contributed by atoms with E-state index in [-0.39, 0.29) is 18.4 Å². The average Bonchev–Trinajstić information content (AvgIpc) is 2.41. The highest BCUT2D eigenvalue weighted by molar-refractivity contribution is 6.34. The maximum Gasteiger partial charge on any atom is 0.242 e. The van der Waals surface area contributed by atoms with Crippen LogP contribution in [-0.4, -0.2) is 29.5 Å². The quantitative estimate of drug-likeness (QED) is 0.755. The van der Waals surface area contributed by atoms with Gasteiger partial charge >= 0.3 is 0 Å². The van der Waals surface area contributed by atoms with Crippen molar-refractivity contribution < 1.29 is 14.7 Å². The van der Waals surface area contributed by atoms with Gasteiger partial charge in [0.1, 0.15) is 6.04 Å². The van der Waals surface area contributed by atoms with Gasteiger partial charge in [0.05, 0.1) is 6.10 Å². The summed E-state index contributed by atoms with van der Waals surface area (Å²) < 4.78 is 0. The number of carbonyl (C=O) groups is 2. The molecule has 2 atom stereocenters. The van der Waals surface area contributed by atoms with E-state index in [9.17, 15) is 14.7 Å². The molecule has 0 radical (unpaired) electrons. The van der Waals surface area contributed by atoms with Gasteiger partial charge in [0, 0.05) is 22.0 Å². The molecule has 0 fully saturated rings. The molecule has 1 rings (SSSR count). The van der Waals surface area contributed by atoms with Crippen LogP contribution >= 0.6 is 23.2 Å². The van der Waals surface area contributed by atoms with E-state index in [4.69, 9.17) is 23.2 Å². The second-order valence-corrected chi connectivity index (χ2v) is 7.28. The van der Waals surface area contributed by atoms with Crippen molar-refractivity contribution in [2.75, 3.05) is 6.54 Å². The van der Waals surface area contributed by atoms with Crippen molar-refractivity contribution in [2.45, 2.75) is 39.8 Å². The minimum absolute atomic E-state index is 0.00870. The van der Waals surface area contributed by atoms with E-state index in [0.29, 0.717) is 15.6 Å². The molecule has 128 valence electrons. The van der Waals surface area contributed by atoms with Crippen LogP contribution in [-0.2, 0) is 9.59 Å². The molecule has 1 aromatic rings. The largest absolute Gasteiger partial charge is 0.387 e. The minimum atomic E-state index is -0.944. The fourth-order valence-electron chi connectivity index (χ4n) is 1.71. The predicted octanol–water partition coefficient (Wildman–Crippen LogP) is 2.69. The Hall–Kier alpha value is -1.30. The Kier molecular flexibility index (Phi) is 6.86. The molecule has 0 unspecified atom stereocenters. The van der Waals surface area contributed by atoms with Crippen LogP contribution in [0.25, 0.3) is 0 Å². The van der Waals surface area contributed by atoms with Crippen LogP contribution in [0, 0.1) is 5.41 Å². The van der Waals surface area contributed by atoms with Crippen LogP contribution in [0.2, 0.25) is 10.0 Å². The second-order valence-electron chi connectivity index (χ2n) is 6.41. The third kappa shape index (κ3) is 6.37. The molecule has 0 heterocycles. The molecular formula is C16H22Cl2N2O3. The zero-order valence-electron chi connectivity index (χ0n) is 13.6. The first-order chi connectivity index (χ1) is 10.5. The molecule has 0 aliphatic carbocycles. The number of hydrogen-bond acceptors (Lipinski definition) is 3. The number of benzene rings is 1. The summed E-state index contributed by atoms with van der Waals surface area (Å²) in [7, 11) is 0. The number of aliphatic hydroxyl groups excluding tert-OH is 1. The number of aliphatic hydroxyl groups is 1. The highest BCUT2D eigenvalue weighted by Crippen LogP contribution is 2.23. The van der Waals surface area contributed by atoms with Gasteiger partial charge in [0.15, 0.2) is 0 Å². The van der Waals surface area contributed by atoms with Crippen molar-refractivity contribution in [3.63, 3.8) is 0 Å². The first kappa shape index (κ1) is 19.7. The maximum absolute atomic E-state index is 12.0. The number of rotatable bonds is 5. The third-order valence-electron chi connectivity index (χ3n) is 3.16. The van der Waals surface area contributed by atoms with Gasteiger partial charge in [0.2, 0.25) is 11.8 Å². The number of carbonyl (C=O) groups excluding carboxylic acids is 2. The maximum atomic E-state index is 12.0. The van der Waals surface area contributed by atoms with Crippen LogP contribution in [0.1, 0.15) is 39.4 Å². The number of nitrogens with one attached hydrogen (secondary N) is 2. The predicted molar refractivity (Wildman–Crippen MR) is 91.5 cm³/mol. The van der Waals surface area contributed by atoms with Crippen molar-refractivity contribution in [3.8, 4) is 0 Å². The Balaban J connectivity index is 2.56. The van der Waals surface area contributed by atoms with E-state index in [1.807, 2.05) is 0 Å². The standard InChI is InChI=1S/C16H22Cl2N2O3/c1-9(20-15(23)16(2,3)4)14(22)19-8-13(21)10-5-11(17)7-12(18)6-10/h5-7,9,13,21H,8H2,1-4H3,(H,19,22)(H,20,23)/t9-,13-/m1/s1. The van der Waals surface area contributed by atoms with Crippen molar-refractivity contribution in [1.82, 2.24) is 10.6 Å². The lowest BCUT2D eigenvalue weighted by atomic mass is 9.95. The molecule has 0 aliphatic heterocycles. The topological polar surface area (TPSA) is 78.4 Å². The van der Waals surface area contributed by atoms with Crippen molar-refractivity contribution >= 4 is 35.0 Å². The zero-order chi connectivity index (χ0) is 17.8. The normalized spacial score (nSPS) is 14.0. The van der Waals surface area contributed by atoms with Gasteiger partial charge < -0.3 is 15.7 Å². The van der Waals surface area contributed by atoms with E-state index in [0.717, 1.165) is 0 Å². The highest BCUT2D eigenvalue weighted by atomic mass is 35.5. The fourth-order valence-corrected chi connectivity index (χ4v) is 2.26. The molecule has 23 heavy (non-hydrogen) atoms. The van der Waals surface area contributed by atoms with E-state index in [1.165, 1.54) is 0 Å². The summed E-state index contributed by atoms with van der Waals surface area (Å²) in [5, 5.41) is 16.1. The molecule has 7 heteroatoms. The molecule has 3 N–H and O–H groups in total. The summed E-state index contributed by atoms with van der Waals surface area (Å²) in [5.74, 6) is -0.600. The Morgan fingerprint density at radius 2 is 1.70 bits per heavy atom. The lowest BCUT2D eigenvalue weighted by Gasteiger charge is -2.22. The Morgan fingerprint density at radius 3 is 2.17 bits per heavy atom. The van der Waals surface area contributed by atoms with E-state index in [1.54, 1.807) is 45.9 Å². The number of halogens is 2. The molecular weight excluding hydrogens is 339 g/mol. The smallest absolute Gasteiger partial charge is 0.242 e. The summed E-state index contributed by atoms with van der Waals surface area (Å²) in [6, 6.07) is 4.02. The fraction of sp³-hybridized carbons (Fsp3) is 0.500. The molecule has 0 bridgehead atoms. The third-order valence-corrected chi connectivity index (χ3v) is 3.60. The Labute approximate surface area is 146 Å². The molecule has 0 aliphatic rings. The van der Waals surface area contributed by atoms with Gasteiger partial charge in [-0.05, 0) is 30.7 Å². The molecule has 1 aromatic carbocycles. The summed E-state index contributed by atoms with van der Waals surface area (Å²) in [6.07, 6.45) is -0.944. The zero-order valence-corrected chi connectivity index (χ0v) is 15.1. The second kappa shape index (κ2) is 7.99. The van der Waals surface area contributed by atoms with Gasteiger partial charge in [-0.15, -0.1) is 0 Å². The molecule has 0 saturated heterocycles. The monoisotopic (exact) mass is 360 g/mol. The molecule has 0 saturated carbocycles. The van der Waals surface area contributed by atoms with Crippen LogP contribution in [0.15, 0.2) is 18.2 Å². The van der Waals surface area contributed by atoms with E-state index >= 15 is 0 Å². The SMILES string of the molecule is C[C@@H](NC(=O)C(C)(C)C)C(=O)NC[C@@H](O)c1cc(Cl)cc(Cl)c1. The van der Waals surface area contributed by atoms with Gasteiger partial charge in [-0.3, -0.25) is 9.59 Å². The number of hydrogen-bond donors (Lipinski definition) is 3. The van der Waals surface area contributed by atoms with Crippen molar-refractivity contribution in [3.05, 3.63) is 33.8 Å². The van der Waals surface area contributed by atoms with Gasteiger partial charge in [0.25, 0.3) is 0 Å². The molecule has 5 nitrogen and oxygen atoms in total. The van der Waals surface area contributed by atoms with Gasteiger partial charge in [-0.25, -0.2) is 0 Å². The Bertz CT molecular complexity index is 565. The average molecular weight is 361 g/mol. The van der Waals surface area contributed by atoms with E-state index in [2.05, 4.69) is 10.6 Å². The van der Waals surface area contributed by atoms with Crippen molar-refractivity contribution in [1.29, 1.82) is 0 Å². The lowest BCUT2D eigenvalue weighted by molar-refractivity contribution is -0.133. The Morgan fingerprint density at radius 1 is 1.17 bits per heavy atom. The van der Waals surface area contributed by atoms with Crippen LogP contribution in [0.4, 0.5) is 0 Å². The van der Waals surface area contributed by atoms with Crippen molar-refractivity contribution in [2.24, 2.45) is 5.41 Å². The van der Waals surface area contributed by atoms with Gasteiger partial charge in [-0.1, -0.05) is 44.0 Å². The van der Waals surface area contributed by atoms with Gasteiger partial charge in [-0.2, -0.15) is 0 Å². The molecule has 0 spiro atoms. The summed E-state index contributed by atoms with van der Waals surface area (Å²) in [4.78, 5) is 23.8. The van der Waals surface area contributed by atoms with E-state index < -0.39 is 17.6 Å². The first-order valence-corrected chi connectivity index (χ1v) is 7.99. The highest BCUT2D eigenvalue weighted by Gasteiger charge is 2.25. The van der Waals surface area contributed by atoms with Crippen LogP contribution in [0.5, 0.6) is 0 Å².